The maximum Gasteiger partial charge on any atom is 0.0505 e. The highest BCUT2D eigenvalue weighted by Crippen LogP contribution is 2.56. The molecule has 1 heterocycles. The van der Waals surface area contributed by atoms with Crippen LogP contribution >= 0.6 is 0 Å². The van der Waals surface area contributed by atoms with Crippen molar-refractivity contribution in [3.63, 3.8) is 0 Å². The topological polar surface area (TPSA) is 36.4 Å². The van der Waals surface area contributed by atoms with E-state index < -0.39 is 0 Å². The summed E-state index contributed by atoms with van der Waals surface area (Å²) in [5.74, 6) is 0. The Morgan fingerprint density at radius 1 is 1.53 bits per heavy atom. The molecule has 0 aliphatic heterocycles. The lowest BCUT2D eigenvalue weighted by Gasteiger charge is -2.31. The van der Waals surface area contributed by atoms with Crippen molar-refractivity contribution in [2.45, 2.75) is 18.9 Å². The summed E-state index contributed by atoms with van der Waals surface area (Å²) in [4.78, 5) is 6.34. The minimum Gasteiger partial charge on any atom is -0.396 e. The van der Waals surface area contributed by atoms with E-state index in [2.05, 4.69) is 30.0 Å². The van der Waals surface area contributed by atoms with Crippen LogP contribution in [0.4, 0.5) is 0 Å². The maximum atomic E-state index is 9.49. The van der Waals surface area contributed by atoms with Gasteiger partial charge in [0.05, 0.1) is 6.61 Å². The molecule has 1 aromatic heterocycles. The summed E-state index contributed by atoms with van der Waals surface area (Å²) in [6, 6.07) is 4.34. The number of aliphatic hydroxyl groups excluding tert-OH is 1. The highest BCUT2D eigenvalue weighted by atomic mass is 16.3. The Hall–Kier alpha value is -0.930. The third-order valence-corrected chi connectivity index (χ3v) is 3.30. The second-order valence-corrected chi connectivity index (χ2v) is 4.67. The molecule has 0 amide bonds. The molecule has 2 rings (SSSR count). The van der Waals surface area contributed by atoms with Gasteiger partial charge in [-0.25, -0.2) is 0 Å². The van der Waals surface area contributed by atoms with Gasteiger partial charge in [0.15, 0.2) is 0 Å². The van der Waals surface area contributed by atoms with E-state index in [0.29, 0.717) is 0 Å². The summed E-state index contributed by atoms with van der Waals surface area (Å²) in [6.07, 6.45) is 5.91. The van der Waals surface area contributed by atoms with Gasteiger partial charge in [-0.3, -0.25) is 4.98 Å². The van der Waals surface area contributed by atoms with Gasteiger partial charge in [-0.15, -0.1) is 0 Å². The van der Waals surface area contributed by atoms with Crippen molar-refractivity contribution in [2.24, 2.45) is 5.41 Å². The van der Waals surface area contributed by atoms with Gasteiger partial charge in [-0.2, -0.15) is 0 Å². The van der Waals surface area contributed by atoms with Gasteiger partial charge in [0, 0.05) is 23.9 Å². The van der Waals surface area contributed by atoms with Crippen LogP contribution in [-0.2, 0) is 0 Å². The van der Waals surface area contributed by atoms with Gasteiger partial charge >= 0.3 is 0 Å². The van der Waals surface area contributed by atoms with Gasteiger partial charge in [0.1, 0.15) is 0 Å². The number of aromatic nitrogens is 1. The lowest BCUT2D eigenvalue weighted by atomic mass is 9.91. The van der Waals surface area contributed by atoms with Crippen molar-refractivity contribution in [1.29, 1.82) is 0 Å². The molecule has 0 bridgehead atoms. The largest absolute Gasteiger partial charge is 0.396 e. The van der Waals surface area contributed by atoms with Crippen molar-refractivity contribution in [3.8, 4) is 0 Å². The average molecular weight is 206 g/mol. The fraction of sp³-hybridized carbons (Fsp3) is 0.583. The second-order valence-electron chi connectivity index (χ2n) is 4.67. The summed E-state index contributed by atoms with van der Waals surface area (Å²) < 4.78 is 0. The van der Waals surface area contributed by atoms with Crippen LogP contribution in [0.15, 0.2) is 24.5 Å². The van der Waals surface area contributed by atoms with Crippen molar-refractivity contribution < 1.29 is 5.11 Å². The molecule has 1 N–H and O–H groups in total. The molecular weight excluding hydrogens is 188 g/mol. The molecule has 82 valence electrons. The molecule has 0 saturated heterocycles. The quantitative estimate of drug-likeness (QED) is 0.810. The van der Waals surface area contributed by atoms with E-state index >= 15 is 0 Å². The minimum absolute atomic E-state index is 0.0759. The fourth-order valence-electron chi connectivity index (χ4n) is 2.42. The first kappa shape index (κ1) is 10.6. The summed E-state index contributed by atoms with van der Waals surface area (Å²) >= 11 is 0. The van der Waals surface area contributed by atoms with Crippen molar-refractivity contribution in [3.05, 3.63) is 30.1 Å². The Kier molecular flexibility index (Phi) is 2.76. The van der Waals surface area contributed by atoms with E-state index in [1.807, 2.05) is 12.3 Å². The van der Waals surface area contributed by atoms with Crippen LogP contribution < -0.4 is 0 Å². The fourth-order valence-corrected chi connectivity index (χ4v) is 2.42. The lowest BCUT2D eigenvalue weighted by molar-refractivity contribution is 0.115. The van der Waals surface area contributed by atoms with Crippen LogP contribution in [0.5, 0.6) is 0 Å². The molecule has 1 fully saturated rings. The van der Waals surface area contributed by atoms with Crippen LogP contribution in [0.25, 0.3) is 0 Å². The van der Waals surface area contributed by atoms with Gasteiger partial charge in [-0.1, -0.05) is 6.07 Å². The van der Waals surface area contributed by atoms with Crippen LogP contribution in [0.1, 0.15) is 24.4 Å². The van der Waals surface area contributed by atoms with Crippen LogP contribution in [0.2, 0.25) is 0 Å². The molecule has 1 unspecified atom stereocenters. The molecule has 1 saturated carbocycles. The first-order chi connectivity index (χ1) is 7.19. The van der Waals surface area contributed by atoms with E-state index in [1.54, 1.807) is 6.20 Å². The summed E-state index contributed by atoms with van der Waals surface area (Å²) in [5, 5.41) is 9.49. The van der Waals surface area contributed by atoms with Crippen LogP contribution in [0.3, 0.4) is 0 Å². The zero-order valence-corrected chi connectivity index (χ0v) is 9.35. The molecule has 1 aromatic rings. The smallest absolute Gasteiger partial charge is 0.0505 e. The maximum absolute atomic E-state index is 9.49. The number of nitrogens with zero attached hydrogens (tertiary/aromatic N) is 2. The lowest BCUT2D eigenvalue weighted by Crippen LogP contribution is -2.31. The van der Waals surface area contributed by atoms with Gasteiger partial charge < -0.3 is 10.0 Å². The molecule has 0 aromatic carbocycles. The molecule has 15 heavy (non-hydrogen) atoms. The first-order valence-electron chi connectivity index (χ1n) is 5.37. The molecule has 0 spiro atoms. The Balaban J connectivity index is 2.29. The van der Waals surface area contributed by atoms with Crippen molar-refractivity contribution >= 4 is 0 Å². The number of hydrogen-bond acceptors (Lipinski definition) is 3. The third kappa shape index (κ3) is 1.90. The normalized spacial score (nSPS) is 20.3. The first-order valence-corrected chi connectivity index (χ1v) is 5.37. The molecule has 1 aliphatic carbocycles. The summed E-state index contributed by atoms with van der Waals surface area (Å²) in [5.41, 5.74) is 1.28. The zero-order chi connectivity index (χ0) is 10.9. The molecule has 0 radical (unpaired) electrons. The Labute approximate surface area is 90.8 Å². The van der Waals surface area contributed by atoms with Crippen LogP contribution in [-0.4, -0.2) is 35.7 Å². The van der Waals surface area contributed by atoms with Gasteiger partial charge in [-0.05, 0) is 38.6 Å². The summed E-state index contributed by atoms with van der Waals surface area (Å²) in [6.45, 7) is 0.269. The highest BCUT2D eigenvalue weighted by Gasteiger charge is 2.50. The second kappa shape index (κ2) is 3.91. The predicted molar refractivity (Wildman–Crippen MR) is 59.4 cm³/mol. The predicted octanol–water partition coefficient (Wildman–Crippen LogP) is 1.46. The van der Waals surface area contributed by atoms with Crippen molar-refractivity contribution in [1.82, 2.24) is 9.88 Å². The molecular formula is C12H18N2O. The van der Waals surface area contributed by atoms with E-state index in [0.717, 1.165) is 12.8 Å². The Morgan fingerprint density at radius 3 is 2.67 bits per heavy atom. The molecule has 1 atom stereocenters. The number of rotatable bonds is 4. The molecule has 3 heteroatoms. The van der Waals surface area contributed by atoms with Gasteiger partial charge in [0.25, 0.3) is 0 Å². The monoisotopic (exact) mass is 206 g/mol. The van der Waals surface area contributed by atoms with Crippen LogP contribution in [0, 0.1) is 5.41 Å². The number of hydrogen-bond donors (Lipinski definition) is 1. The van der Waals surface area contributed by atoms with E-state index in [4.69, 9.17) is 0 Å². The van der Waals surface area contributed by atoms with Gasteiger partial charge in [0.2, 0.25) is 0 Å². The number of aliphatic hydroxyl groups is 1. The van der Waals surface area contributed by atoms with E-state index in [9.17, 15) is 5.11 Å². The summed E-state index contributed by atoms with van der Waals surface area (Å²) in [7, 11) is 4.13. The SMILES string of the molecule is CN(C)C(c1cccnc1)C1(CO)CC1. The minimum atomic E-state index is 0.0759. The standard InChI is InChI=1S/C12H18N2O/c1-14(2)11(12(9-15)5-6-12)10-4-3-7-13-8-10/h3-4,7-8,11,15H,5-6,9H2,1-2H3. The Morgan fingerprint density at radius 2 is 2.27 bits per heavy atom. The highest BCUT2D eigenvalue weighted by molar-refractivity contribution is 5.21. The van der Waals surface area contributed by atoms with E-state index in [1.165, 1.54) is 5.56 Å². The average Bonchev–Trinajstić information content (AvgIpc) is 3.00. The molecule has 1 aliphatic rings. The van der Waals surface area contributed by atoms with E-state index in [-0.39, 0.29) is 18.1 Å². The Bertz CT molecular complexity index is 320. The third-order valence-electron chi connectivity index (χ3n) is 3.30. The number of pyridine rings is 1. The molecule has 3 nitrogen and oxygen atoms in total. The van der Waals surface area contributed by atoms with Crippen molar-refractivity contribution in [2.75, 3.05) is 20.7 Å². The zero-order valence-electron chi connectivity index (χ0n) is 9.35.